The number of rotatable bonds is 0. The standard InChI is InChI=1S/C12H19F2NO3/c1-11(2,3)18-10(17)15-7-4-8(16)5-9(15)12(13,14)6-7/h7-9,16H,4-6H2,1-3H3. The average molecular weight is 263 g/mol. The monoisotopic (exact) mass is 263 g/mol. The summed E-state index contributed by atoms with van der Waals surface area (Å²) in [5.41, 5.74) is -0.706. The normalized spacial score (nSPS) is 34.6. The van der Waals surface area contributed by atoms with E-state index in [9.17, 15) is 18.7 Å². The van der Waals surface area contributed by atoms with Crippen LogP contribution in [0.1, 0.15) is 40.0 Å². The van der Waals surface area contributed by atoms with Crippen LogP contribution in [0.15, 0.2) is 0 Å². The number of nitrogens with zero attached hydrogens (tertiary/aromatic N) is 1. The number of alkyl halides is 2. The maximum atomic E-state index is 13.8. The predicted molar refractivity (Wildman–Crippen MR) is 60.5 cm³/mol. The molecule has 0 radical (unpaired) electrons. The van der Waals surface area contributed by atoms with Gasteiger partial charge in [0.25, 0.3) is 5.92 Å². The summed E-state index contributed by atoms with van der Waals surface area (Å²) in [6.07, 6.45) is -1.73. The molecular weight excluding hydrogens is 244 g/mol. The Morgan fingerprint density at radius 1 is 1.39 bits per heavy atom. The molecule has 0 aromatic carbocycles. The van der Waals surface area contributed by atoms with Gasteiger partial charge in [-0.15, -0.1) is 0 Å². The Kier molecular flexibility index (Phi) is 3.04. The van der Waals surface area contributed by atoms with Crippen LogP contribution in [0.5, 0.6) is 0 Å². The Hall–Kier alpha value is -0.910. The zero-order valence-corrected chi connectivity index (χ0v) is 10.8. The molecule has 6 heteroatoms. The fraction of sp³-hybridized carbons (Fsp3) is 0.917. The minimum Gasteiger partial charge on any atom is -0.444 e. The average Bonchev–Trinajstić information content (AvgIpc) is 2.28. The fourth-order valence-corrected chi connectivity index (χ4v) is 2.75. The van der Waals surface area contributed by atoms with E-state index in [1.807, 2.05) is 0 Å². The first-order valence-electron chi connectivity index (χ1n) is 6.17. The molecule has 2 aliphatic rings. The van der Waals surface area contributed by atoms with Crippen molar-refractivity contribution < 1.29 is 23.4 Å². The number of fused-ring (bicyclic) bond motifs is 2. The number of amides is 1. The van der Waals surface area contributed by atoms with E-state index in [2.05, 4.69) is 0 Å². The Balaban J connectivity index is 2.17. The van der Waals surface area contributed by atoms with Crippen LogP contribution in [0.2, 0.25) is 0 Å². The van der Waals surface area contributed by atoms with E-state index in [0.717, 1.165) is 4.90 Å². The molecule has 1 N–H and O–H groups in total. The van der Waals surface area contributed by atoms with Gasteiger partial charge in [-0.1, -0.05) is 0 Å². The predicted octanol–water partition coefficient (Wildman–Crippen LogP) is 2.15. The highest BCUT2D eigenvalue weighted by molar-refractivity contribution is 5.70. The third-order valence-corrected chi connectivity index (χ3v) is 3.37. The van der Waals surface area contributed by atoms with E-state index in [1.54, 1.807) is 20.8 Å². The SMILES string of the molecule is CC(C)(C)OC(=O)N1C2CC(O)CC1C(F)(F)C2. The van der Waals surface area contributed by atoms with Crippen LogP contribution in [0.3, 0.4) is 0 Å². The first-order valence-corrected chi connectivity index (χ1v) is 6.17. The topological polar surface area (TPSA) is 49.8 Å². The van der Waals surface area contributed by atoms with E-state index < -0.39 is 35.8 Å². The second-order valence-corrected chi connectivity index (χ2v) is 6.15. The molecule has 18 heavy (non-hydrogen) atoms. The molecule has 4 nitrogen and oxygen atoms in total. The summed E-state index contributed by atoms with van der Waals surface area (Å²) in [4.78, 5) is 13.1. The number of carbonyl (C=O) groups is 1. The van der Waals surface area contributed by atoms with Gasteiger partial charge in [-0.05, 0) is 33.6 Å². The molecule has 2 aliphatic heterocycles. The molecule has 2 saturated heterocycles. The lowest BCUT2D eigenvalue weighted by atomic mass is 10.00. The van der Waals surface area contributed by atoms with Crippen molar-refractivity contribution in [2.45, 2.75) is 69.7 Å². The molecule has 104 valence electrons. The zero-order chi connectivity index (χ0) is 13.7. The van der Waals surface area contributed by atoms with Gasteiger partial charge in [-0.25, -0.2) is 13.6 Å². The maximum absolute atomic E-state index is 13.8. The van der Waals surface area contributed by atoms with E-state index in [-0.39, 0.29) is 19.3 Å². The van der Waals surface area contributed by atoms with Gasteiger partial charge < -0.3 is 9.84 Å². The lowest BCUT2D eigenvalue weighted by Crippen LogP contribution is -2.52. The van der Waals surface area contributed by atoms with Crippen molar-refractivity contribution in [1.82, 2.24) is 4.90 Å². The Bertz CT molecular complexity index is 354. The molecular formula is C12H19F2NO3. The molecule has 0 saturated carbocycles. The summed E-state index contributed by atoms with van der Waals surface area (Å²) in [5, 5.41) is 9.54. The minimum atomic E-state index is -2.93. The Labute approximate surface area is 105 Å². The number of piperidine rings is 1. The van der Waals surface area contributed by atoms with Crippen LogP contribution in [-0.4, -0.2) is 45.8 Å². The molecule has 0 aromatic heterocycles. The number of ether oxygens (including phenoxy) is 1. The summed E-state index contributed by atoms with van der Waals surface area (Å²) in [5.74, 6) is -2.93. The fourth-order valence-electron chi connectivity index (χ4n) is 2.75. The Morgan fingerprint density at radius 2 is 2.00 bits per heavy atom. The van der Waals surface area contributed by atoms with Crippen LogP contribution in [0.4, 0.5) is 13.6 Å². The summed E-state index contributed by atoms with van der Waals surface area (Å²) < 4.78 is 32.7. The first kappa shape index (κ1) is 13.5. The van der Waals surface area contributed by atoms with Crippen LogP contribution in [-0.2, 0) is 4.74 Å². The largest absolute Gasteiger partial charge is 0.444 e. The lowest BCUT2D eigenvalue weighted by Gasteiger charge is -2.37. The molecule has 1 amide bonds. The highest BCUT2D eigenvalue weighted by atomic mass is 19.3. The Morgan fingerprint density at radius 3 is 2.50 bits per heavy atom. The highest BCUT2D eigenvalue weighted by Gasteiger charge is 2.59. The van der Waals surface area contributed by atoms with E-state index >= 15 is 0 Å². The minimum absolute atomic E-state index is 0.0806. The summed E-state index contributed by atoms with van der Waals surface area (Å²) in [6.45, 7) is 5.09. The number of hydrogen-bond acceptors (Lipinski definition) is 3. The number of carbonyl (C=O) groups excluding carboxylic acids is 1. The smallest absolute Gasteiger partial charge is 0.411 e. The number of aliphatic hydroxyl groups excluding tert-OH is 1. The molecule has 0 aliphatic carbocycles. The van der Waals surface area contributed by atoms with E-state index in [1.165, 1.54) is 0 Å². The van der Waals surface area contributed by atoms with Gasteiger partial charge in [0, 0.05) is 12.5 Å². The van der Waals surface area contributed by atoms with E-state index in [4.69, 9.17) is 4.74 Å². The molecule has 0 aromatic rings. The van der Waals surface area contributed by atoms with Crippen LogP contribution < -0.4 is 0 Å². The summed E-state index contributed by atoms with van der Waals surface area (Å²) >= 11 is 0. The van der Waals surface area contributed by atoms with Gasteiger partial charge in [-0.2, -0.15) is 0 Å². The lowest BCUT2D eigenvalue weighted by molar-refractivity contribution is -0.0634. The number of aliphatic hydroxyl groups is 1. The highest BCUT2D eigenvalue weighted by Crippen LogP contribution is 2.46. The van der Waals surface area contributed by atoms with Gasteiger partial charge in [0.15, 0.2) is 0 Å². The number of hydrogen-bond donors (Lipinski definition) is 1. The van der Waals surface area contributed by atoms with Gasteiger partial charge in [0.05, 0.1) is 6.10 Å². The van der Waals surface area contributed by atoms with Gasteiger partial charge in [0.2, 0.25) is 0 Å². The van der Waals surface area contributed by atoms with Crippen molar-refractivity contribution in [2.75, 3.05) is 0 Å². The van der Waals surface area contributed by atoms with Crippen molar-refractivity contribution in [3.63, 3.8) is 0 Å². The van der Waals surface area contributed by atoms with Gasteiger partial charge >= 0.3 is 6.09 Å². The van der Waals surface area contributed by atoms with Crippen molar-refractivity contribution >= 4 is 6.09 Å². The summed E-state index contributed by atoms with van der Waals surface area (Å²) in [7, 11) is 0. The second kappa shape index (κ2) is 4.05. The van der Waals surface area contributed by atoms with E-state index in [0.29, 0.717) is 0 Å². The van der Waals surface area contributed by atoms with Gasteiger partial charge in [0.1, 0.15) is 11.6 Å². The molecule has 0 spiro atoms. The molecule has 2 rings (SSSR count). The molecule has 3 atom stereocenters. The second-order valence-electron chi connectivity index (χ2n) is 6.15. The third-order valence-electron chi connectivity index (χ3n) is 3.37. The van der Waals surface area contributed by atoms with Crippen LogP contribution in [0.25, 0.3) is 0 Å². The third kappa shape index (κ3) is 2.43. The van der Waals surface area contributed by atoms with Crippen molar-refractivity contribution in [3.05, 3.63) is 0 Å². The molecule has 3 unspecified atom stereocenters. The van der Waals surface area contributed by atoms with Crippen LogP contribution >= 0.6 is 0 Å². The molecule has 2 fully saturated rings. The first-order chi connectivity index (χ1) is 8.10. The molecule has 2 heterocycles. The van der Waals surface area contributed by atoms with Crippen LogP contribution in [0, 0.1) is 0 Å². The quantitative estimate of drug-likeness (QED) is 0.728. The van der Waals surface area contributed by atoms with Gasteiger partial charge in [-0.3, -0.25) is 4.90 Å². The van der Waals surface area contributed by atoms with Crippen molar-refractivity contribution in [3.8, 4) is 0 Å². The molecule has 2 bridgehead atoms. The zero-order valence-electron chi connectivity index (χ0n) is 10.8. The van der Waals surface area contributed by atoms with Crippen molar-refractivity contribution in [1.29, 1.82) is 0 Å². The van der Waals surface area contributed by atoms with Crippen molar-refractivity contribution in [2.24, 2.45) is 0 Å². The number of halogens is 2. The maximum Gasteiger partial charge on any atom is 0.411 e. The summed E-state index contributed by atoms with van der Waals surface area (Å²) in [6, 6.07) is -1.86.